The second-order valence-corrected chi connectivity index (χ2v) is 9.72. The molecule has 31 heavy (non-hydrogen) atoms. The van der Waals surface area contributed by atoms with Gasteiger partial charge in [0.1, 0.15) is 11.6 Å². The molecule has 0 aromatic heterocycles. The number of carbonyl (C=O) groups excluding carboxylic acids is 1. The third-order valence-electron chi connectivity index (χ3n) is 7.65. The van der Waals surface area contributed by atoms with E-state index in [9.17, 15) is 9.18 Å². The minimum absolute atomic E-state index is 0.0437. The summed E-state index contributed by atoms with van der Waals surface area (Å²) in [4.78, 5) is 11.7. The monoisotopic (exact) mass is 430 g/mol. The van der Waals surface area contributed by atoms with Gasteiger partial charge in [0.2, 0.25) is 0 Å². The van der Waals surface area contributed by atoms with Crippen LogP contribution >= 0.6 is 0 Å². The molecule has 2 saturated carbocycles. The second kappa shape index (κ2) is 11.8. The molecule has 2 aliphatic rings. The van der Waals surface area contributed by atoms with E-state index in [1.165, 1.54) is 70.3 Å². The zero-order chi connectivity index (χ0) is 22.2. The Morgan fingerprint density at radius 2 is 1.71 bits per heavy atom. The molecule has 0 radical (unpaired) electrons. The topological polar surface area (TPSA) is 46.5 Å². The number of aliphatic hydroxyl groups excluding tert-OH is 1. The van der Waals surface area contributed by atoms with Crippen molar-refractivity contribution in [3.63, 3.8) is 0 Å². The standard InChI is InChI=1S/C27H39FO3/c1-3-4-5-6-20-7-9-21(10-8-20)22-11-13-23(14-12-22)25-16-15-24(17-26(25)28)31-27(30)19(2)18-29/h15-17,20-23,29H,2-14,18H2,1H3. The summed E-state index contributed by atoms with van der Waals surface area (Å²) in [6.07, 6.45) is 15.6. The Bertz CT molecular complexity index is 728. The maximum atomic E-state index is 14.7. The van der Waals surface area contributed by atoms with E-state index in [2.05, 4.69) is 13.5 Å². The molecule has 0 heterocycles. The van der Waals surface area contributed by atoms with E-state index in [-0.39, 0.29) is 23.1 Å². The van der Waals surface area contributed by atoms with Gasteiger partial charge in [0.15, 0.2) is 0 Å². The van der Waals surface area contributed by atoms with Crippen LogP contribution in [0.3, 0.4) is 0 Å². The maximum absolute atomic E-state index is 14.7. The molecule has 0 spiro atoms. The number of benzene rings is 1. The van der Waals surface area contributed by atoms with Crippen molar-refractivity contribution in [1.29, 1.82) is 0 Å². The van der Waals surface area contributed by atoms with E-state index < -0.39 is 12.6 Å². The largest absolute Gasteiger partial charge is 0.423 e. The number of esters is 1. The van der Waals surface area contributed by atoms with Gasteiger partial charge in [0.25, 0.3) is 0 Å². The molecule has 0 saturated heterocycles. The zero-order valence-corrected chi connectivity index (χ0v) is 19.1. The van der Waals surface area contributed by atoms with Crippen LogP contribution in [0.4, 0.5) is 4.39 Å². The Kier molecular flexibility index (Phi) is 9.13. The van der Waals surface area contributed by atoms with Crippen molar-refractivity contribution in [2.24, 2.45) is 17.8 Å². The van der Waals surface area contributed by atoms with Crippen molar-refractivity contribution in [3.05, 3.63) is 41.7 Å². The van der Waals surface area contributed by atoms with Crippen LogP contribution in [0.5, 0.6) is 5.75 Å². The SMILES string of the molecule is C=C(CO)C(=O)Oc1ccc(C2CCC(C3CCC(CCCCC)CC3)CC2)c(F)c1. The Morgan fingerprint density at radius 3 is 2.29 bits per heavy atom. The summed E-state index contributed by atoms with van der Waals surface area (Å²) in [5, 5.41) is 8.95. The van der Waals surface area contributed by atoms with Crippen LogP contribution in [-0.4, -0.2) is 17.7 Å². The second-order valence-electron chi connectivity index (χ2n) is 9.72. The van der Waals surface area contributed by atoms with Crippen LogP contribution in [0.1, 0.15) is 95.5 Å². The van der Waals surface area contributed by atoms with Crippen molar-refractivity contribution >= 4 is 5.97 Å². The van der Waals surface area contributed by atoms with Gasteiger partial charge in [-0.25, -0.2) is 9.18 Å². The molecule has 2 aliphatic carbocycles. The highest BCUT2D eigenvalue weighted by Crippen LogP contribution is 2.45. The van der Waals surface area contributed by atoms with Crippen molar-refractivity contribution in [1.82, 2.24) is 0 Å². The van der Waals surface area contributed by atoms with Crippen LogP contribution in [-0.2, 0) is 4.79 Å². The third-order valence-corrected chi connectivity index (χ3v) is 7.65. The van der Waals surface area contributed by atoms with E-state index in [4.69, 9.17) is 9.84 Å². The summed E-state index contributed by atoms with van der Waals surface area (Å²) in [7, 11) is 0. The summed E-state index contributed by atoms with van der Waals surface area (Å²) in [5.74, 6) is 2.00. The van der Waals surface area contributed by atoms with E-state index in [0.29, 0.717) is 0 Å². The quantitative estimate of drug-likeness (QED) is 0.200. The van der Waals surface area contributed by atoms with E-state index >= 15 is 0 Å². The van der Waals surface area contributed by atoms with Gasteiger partial charge in [-0.2, -0.15) is 0 Å². The first-order valence-corrected chi connectivity index (χ1v) is 12.3. The fourth-order valence-electron chi connectivity index (χ4n) is 5.68. The van der Waals surface area contributed by atoms with Crippen molar-refractivity contribution < 1.29 is 19.0 Å². The first-order valence-electron chi connectivity index (χ1n) is 12.3. The lowest BCUT2D eigenvalue weighted by molar-refractivity contribution is -0.130. The minimum Gasteiger partial charge on any atom is -0.423 e. The van der Waals surface area contributed by atoms with Gasteiger partial charge in [-0.15, -0.1) is 0 Å². The molecule has 3 nitrogen and oxygen atoms in total. The van der Waals surface area contributed by atoms with Gasteiger partial charge >= 0.3 is 5.97 Å². The summed E-state index contributed by atoms with van der Waals surface area (Å²) >= 11 is 0. The number of carbonyl (C=O) groups is 1. The Balaban J connectivity index is 1.46. The average molecular weight is 431 g/mol. The summed E-state index contributed by atoms with van der Waals surface area (Å²) in [6.45, 7) is 5.24. The van der Waals surface area contributed by atoms with Crippen LogP contribution < -0.4 is 4.74 Å². The fraction of sp³-hybridized carbons (Fsp3) is 0.667. The molecule has 172 valence electrons. The molecule has 0 aliphatic heterocycles. The third kappa shape index (κ3) is 6.65. The predicted molar refractivity (Wildman–Crippen MR) is 123 cm³/mol. The number of hydrogen-bond acceptors (Lipinski definition) is 3. The zero-order valence-electron chi connectivity index (χ0n) is 19.1. The number of rotatable bonds is 9. The van der Waals surface area contributed by atoms with E-state index in [0.717, 1.165) is 36.2 Å². The molecule has 1 aromatic rings. The van der Waals surface area contributed by atoms with Gasteiger partial charge in [-0.3, -0.25) is 0 Å². The summed E-state index contributed by atoms with van der Waals surface area (Å²) in [6, 6.07) is 4.68. The number of halogens is 1. The van der Waals surface area contributed by atoms with Crippen molar-refractivity contribution in [2.75, 3.05) is 6.61 Å². The van der Waals surface area contributed by atoms with Crippen molar-refractivity contribution in [3.8, 4) is 5.75 Å². The molecule has 4 heteroatoms. The predicted octanol–water partition coefficient (Wildman–Crippen LogP) is 6.94. The number of hydrogen-bond donors (Lipinski definition) is 1. The lowest BCUT2D eigenvalue weighted by atomic mass is 9.68. The molecular formula is C27H39FO3. The van der Waals surface area contributed by atoms with Crippen LogP contribution in [0, 0.1) is 23.6 Å². The van der Waals surface area contributed by atoms with Gasteiger partial charge in [-0.1, -0.05) is 58.1 Å². The van der Waals surface area contributed by atoms with Gasteiger partial charge < -0.3 is 9.84 Å². The molecule has 0 amide bonds. The number of aliphatic hydroxyl groups is 1. The number of unbranched alkanes of at least 4 members (excludes halogenated alkanes) is 2. The number of ether oxygens (including phenoxy) is 1. The normalized spacial score (nSPS) is 26.4. The van der Waals surface area contributed by atoms with Crippen LogP contribution in [0.15, 0.2) is 30.4 Å². The highest BCUT2D eigenvalue weighted by molar-refractivity contribution is 5.89. The molecule has 0 atom stereocenters. The average Bonchev–Trinajstić information content (AvgIpc) is 2.79. The molecule has 3 rings (SSSR count). The van der Waals surface area contributed by atoms with E-state index in [1.807, 2.05) is 0 Å². The minimum atomic E-state index is -0.727. The van der Waals surface area contributed by atoms with Gasteiger partial charge in [-0.05, 0) is 73.8 Å². The summed E-state index contributed by atoms with van der Waals surface area (Å²) < 4.78 is 19.8. The first kappa shape index (κ1) is 24.0. The molecule has 1 aromatic carbocycles. The van der Waals surface area contributed by atoms with Gasteiger partial charge in [0, 0.05) is 6.07 Å². The van der Waals surface area contributed by atoms with Crippen LogP contribution in [0.2, 0.25) is 0 Å². The van der Waals surface area contributed by atoms with Crippen molar-refractivity contribution in [2.45, 2.75) is 89.9 Å². The molecule has 0 bridgehead atoms. The molecule has 0 unspecified atom stereocenters. The summed E-state index contributed by atoms with van der Waals surface area (Å²) in [5.41, 5.74) is 0.691. The highest BCUT2D eigenvalue weighted by Gasteiger charge is 2.32. The first-order chi connectivity index (χ1) is 15.0. The van der Waals surface area contributed by atoms with Gasteiger partial charge in [0.05, 0.1) is 12.2 Å². The Labute approximate surface area is 187 Å². The molecular weight excluding hydrogens is 391 g/mol. The Hall–Kier alpha value is -1.68. The molecule has 2 fully saturated rings. The molecule has 1 N–H and O–H groups in total. The van der Waals surface area contributed by atoms with E-state index in [1.54, 1.807) is 12.1 Å². The lowest BCUT2D eigenvalue weighted by Gasteiger charge is -2.38. The van der Waals surface area contributed by atoms with Crippen LogP contribution in [0.25, 0.3) is 0 Å². The maximum Gasteiger partial charge on any atom is 0.341 e. The highest BCUT2D eigenvalue weighted by atomic mass is 19.1. The lowest BCUT2D eigenvalue weighted by Crippen LogP contribution is -2.25. The Morgan fingerprint density at radius 1 is 1.06 bits per heavy atom. The fourth-order valence-corrected chi connectivity index (χ4v) is 5.68. The smallest absolute Gasteiger partial charge is 0.341 e.